The van der Waals surface area contributed by atoms with E-state index < -0.39 is 23.3 Å². The number of carbonyl (C=O) groups excluding carboxylic acids is 2. The second-order valence-electron chi connectivity index (χ2n) is 2.83. The molecule has 5 heteroatoms. The standard InChI is InChI=1S/C7H9NO4/c8-3-4(9)7(1-2-7)5(10)6(11)12/h3,6,8,11-12H,1-2H2. The zero-order valence-corrected chi connectivity index (χ0v) is 6.28. The number of aliphatic hydroxyl groups is 2. The lowest BCUT2D eigenvalue weighted by molar-refractivity contribution is -0.153. The molecule has 0 aromatic rings. The molecule has 1 saturated carbocycles. The first-order chi connectivity index (χ1) is 5.54. The summed E-state index contributed by atoms with van der Waals surface area (Å²) < 4.78 is 0. The van der Waals surface area contributed by atoms with E-state index in [0.29, 0.717) is 19.1 Å². The molecule has 1 rings (SSSR count). The highest BCUT2D eigenvalue weighted by Gasteiger charge is 2.56. The predicted molar refractivity (Wildman–Crippen MR) is 38.7 cm³/mol. The molecule has 1 aliphatic rings. The minimum atomic E-state index is -2.10. The Morgan fingerprint density at radius 1 is 1.42 bits per heavy atom. The third-order valence-electron chi connectivity index (χ3n) is 2.06. The van der Waals surface area contributed by atoms with Crippen LogP contribution in [0, 0.1) is 10.8 Å². The lowest BCUT2D eigenvalue weighted by Crippen LogP contribution is -2.35. The van der Waals surface area contributed by atoms with Crippen molar-refractivity contribution in [2.45, 2.75) is 19.1 Å². The van der Waals surface area contributed by atoms with Crippen LogP contribution >= 0.6 is 0 Å². The third-order valence-corrected chi connectivity index (χ3v) is 2.06. The van der Waals surface area contributed by atoms with Gasteiger partial charge < -0.3 is 15.6 Å². The summed E-state index contributed by atoms with van der Waals surface area (Å²) in [6, 6.07) is 0. The molecule has 0 radical (unpaired) electrons. The number of Topliss-reactive ketones (excluding diaryl/α,β-unsaturated/α-hetero) is 2. The summed E-state index contributed by atoms with van der Waals surface area (Å²) >= 11 is 0. The van der Waals surface area contributed by atoms with Crippen molar-refractivity contribution in [3.8, 4) is 0 Å². The van der Waals surface area contributed by atoms with Crippen molar-refractivity contribution in [2.75, 3.05) is 0 Å². The molecule has 0 spiro atoms. The molecule has 0 atom stereocenters. The lowest BCUT2D eigenvalue weighted by atomic mass is 9.96. The zero-order valence-electron chi connectivity index (χ0n) is 6.28. The maximum atomic E-state index is 11.0. The Morgan fingerprint density at radius 2 is 1.92 bits per heavy atom. The van der Waals surface area contributed by atoms with Gasteiger partial charge in [0, 0.05) is 0 Å². The van der Waals surface area contributed by atoms with Gasteiger partial charge >= 0.3 is 0 Å². The van der Waals surface area contributed by atoms with Crippen LogP contribution in [0.3, 0.4) is 0 Å². The van der Waals surface area contributed by atoms with Gasteiger partial charge in [0.2, 0.25) is 12.1 Å². The van der Waals surface area contributed by atoms with Gasteiger partial charge in [-0.2, -0.15) is 0 Å². The molecule has 0 amide bonds. The van der Waals surface area contributed by atoms with Crippen molar-refractivity contribution in [1.82, 2.24) is 0 Å². The molecule has 1 fully saturated rings. The highest BCUT2D eigenvalue weighted by Crippen LogP contribution is 2.47. The fourth-order valence-electron chi connectivity index (χ4n) is 1.12. The second kappa shape index (κ2) is 2.76. The van der Waals surface area contributed by atoms with E-state index in [1.807, 2.05) is 0 Å². The van der Waals surface area contributed by atoms with Gasteiger partial charge in [0.25, 0.3) is 0 Å². The van der Waals surface area contributed by atoms with Crippen molar-refractivity contribution in [2.24, 2.45) is 5.41 Å². The molecule has 0 aromatic carbocycles. The minimum absolute atomic E-state index is 0.317. The smallest absolute Gasteiger partial charge is 0.213 e. The quantitative estimate of drug-likeness (QED) is 0.283. The average molecular weight is 171 g/mol. The topological polar surface area (TPSA) is 98.5 Å². The SMILES string of the molecule is N=CC(=O)C1(C(=O)C(O)O)CC1. The molecule has 0 aliphatic heterocycles. The normalized spacial score (nSPS) is 18.9. The van der Waals surface area contributed by atoms with E-state index in [1.54, 1.807) is 0 Å². The Balaban J connectivity index is 2.79. The minimum Gasteiger partial charge on any atom is -0.362 e. The highest BCUT2D eigenvalue weighted by molar-refractivity contribution is 6.36. The third kappa shape index (κ3) is 1.17. The number of aliphatic hydroxyl groups excluding tert-OH is 1. The van der Waals surface area contributed by atoms with Gasteiger partial charge in [0.05, 0.1) is 11.6 Å². The highest BCUT2D eigenvalue weighted by atomic mass is 16.5. The van der Waals surface area contributed by atoms with Gasteiger partial charge in [-0.15, -0.1) is 0 Å². The Kier molecular flexibility index (Phi) is 2.08. The van der Waals surface area contributed by atoms with Crippen molar-refractivity contribution in [3.05, 3.63) is 0 Å². The van der Waals surface area contributed by atoms with Gasteiger partial charge in [-0.05, 0) is 12.8 Å². The van der Waals surface area contributed by atoms with E-state index in [1.165, 1.54) is 0 Å². The summed E-state index contributed by atoms with van der Waals surface area (Å²) in [6.45, 7) is 0. The Morgan fingerprint density at radius 3 is 2.17 bits per heavy atom. The van der Waals surface area contributed by atoms with Gasteiger partial charge in [0.15, 0.2) is 5.78 Å². The van der Waals surface area contributed by atoms with Crippen LogP contribution in [0.1, 0.15) is 12.8 Å². The monoisotopic (exact) mass is 171 g/mol. The maximum absolute atomic E-state index is 11.0. The summed E-state index contributed by atoms with van der Waals surface area (Å²) in [5.74, 6) is -1.53. The molecule has 0 unspecified atom stereocenters. The first-order valence-corrected chi connectivity index (χ1v) is 3.50. The molecule has 0 aromatic heterocycles. The van der Waals surface area contributed by atoms with Gasteiger partial charge in [-0.1, -0.05) is 0 Å². The molecule has 5 nitrogen and oxygen atoms in total. The van der Waals surface area contributed by atoms with Crippen LogP contribution in [-0.4, -0.2) is 34.3 Å². The first kappa shape index (κ1) is 9.02. The van der Waals surface area contributed by atoms with Crippen LogP contribution in [0.5, 0.6) is 0 Å². The fraction of sp³-hybridized carbons (Fsp3) is 0.571. The molecule has 66 valence electrons. The molecular weight excluding hydrogens is 162 g/mol. The molecule has 0 saturated heterocycles. The maximum Gasteiger partial charge on any atom is 0.213 e. The molecule has 0 bridgehead atoms. The zero-order chi connectivity index (χ0) is 9.35. The predicted octanol–water partition coefficient (Wildman–Crippen LogP) is -1.13. The van der Waals surface area contributed by atoms with Gasteiger partial charge in [-0.25, -0.2) is 0 Å². The Bertz CT molecular complexity index is 242. The number of ketones is 2. The van der Waals surface area contributed by atoms with E-state index in [4.69, 9.17) is 15.6 Å². The van der Waals surface area contributed by atoms with Crippen LogP contribution in [0.25, 0.3) is 0 Å². The van der Waals surface area contributed by atoms with Crippen molar-refractivity contribution < 1.29 is 19.8 Å². The van der Waals surface area contributed by atoms with E-state index in [0.717, 1.165) is 0 Å². The summed E-state index contributed by atoms with van der Waals surface area (Å²) in [6.07, 6.45) is -0.917. The largest absolute Gasteiger partial charge is 0.362 e. The summed E-state index contributed by atoms with van der Waals surface area (Å²) in [7, 11) is 0. The molecule has 12 heavy (non-hydrogen) atoms. The number of rotatable bonds is 4. The number of nitrogens with one attached hydrogen (secondary N) is 1. The average Bonchev–Trinajstić information content (AvgIpc) is 2.82. The first-order valence-electron chi connectivity index (χ1n) is 3.50. The van der Waals surface area contributed by atoms with Gasteiger partial charge in [-0.3, -0.25) is 9.59 Å². The molecular formula is C7H9NO4. The summed E-state index contributed by atoms with van der Waals surface area (Å²) in [5.41, 5.74) is -1.28. The van der Waals surface area contributed by atoms with E-state index >= 15 is 0 Å². The van der Waals surface area contributed by atoms with E-state index in [2.05, 4.69) is 0 Å². The molecule has 0 heterocycles. The van der Waals surface area contributed by atoms with Crippen LogP contribution in [0.4, 0.5) is 0 Å². The second-order valence-corrected chi connectivity index (χ2v) is 2.83. The number of carbonyl (C=O) groups is 2. The van der Waals surface area contributed by atoms with E-state index in [-0.39, 0.29) is 0 Å². The summed E-state index contributed by atoms with van der Waals surface area (Å²) in [4.78, 5) is 22.0. The fourth-order valence-corrected chi connectivity index (χ4v) is 1.12. The Labute approximate surface area is 68.5 Å². The van der Waals surface area contributed by atoms with Crippen LogP contribution < -0.4 is 0 Å². The van der Waals surface area contributed by atoms with E-state index in [9.17, 15) is 9.59 Å². The Hall–Kier alpha value is -1.07. The van der Waals surface area contributed by atoms with Crippen molar-refractivity contribution in [3.63, 3.8) is 0 Å². The number of hydrogen-bond donors (Lipinski definition) is 3. The van der Waals surface area contributed by atoms with Crippen LogP contribution in [0.15, 0.2) is 0 Å². The van der Waals surface area contributed by atoms with Gasteiger partial charge in [0.1, 0.15) is 0 Å². The summed E-state index contributed by atoms with van der Waals surface area (Å²) in [5, 5.41) is 23.7. The van der Waals surface area contributed by atoms with Crippen molar-refractivity contribution in [1.29, 1.82) is 5.41 Å². The molecule has 3 N–H and O–H groups in total. The van der Waals surface area contributed by atoms with Crippen molar-refractivity contribution >= 4 is 17.8 Å². The van der Waals surface area contributed by atoms with Crippen LogP contribution in [0.2, 0.25) is 0 Å². The number of hydrogen-bond acceptors (Lipinski definition) is 5. The molecule has 1 aliphatic carbocycles. The van der Waals surface area contributed by atoms with Crippen LogP contribution in [-0.2, 0) is 9.59 Å². The lowest BCUT2D eigenvalue weighted by Gasteiger charge is -2.10.